The molecule has 2 aromatic rings. The van der Waals surface area contributed by atoms with Crippen molar-refractivity contribution in [3.05, 3.63) is 47.9 Å². The van der Waals surface area contributed by atoms with E-state index in [-0.39, 0.29) is 18.4 Å². The fourth-order valence-corrected chi connectivity index (χ4v) is 2.97. The highest BCUT2D eigenvalue weighted by atomic mass is 16.5. The summed E-state index contributed by atoms with van der Waals surface area (Å²) in [6.45, 7) is 3.43. The number of benzene rings is 1. The predicted molar refractivity (Wildman–Crippen MR) is 90.9 cm³/mol. The first kappa shape index (κ1) is 16.4. The number of ether oxygens (including phenoxy) is 1. The van der Waals surface area contributed by atoms with Crippen molar-refractivity contribution < 1.29 is 9.53 Å². The smallest absolute Gasteiger partial charge is 0.241 e. The van der Waals surface area contributed by atoms with Crippen LogP contribution < -0.4 is 10.5 Å². The topological polar surface area (TPSA) is 81.3 Å². The lowest BCUT2D eigenvalue weighted by Crippen LogP contribution is -2.42. The number of piperidine rings is 1. The zero-order chi connectivity index (χ0) is 16.9. The van der Waals surface area contributed by atoms with Gasteiger partial charge in [-0.3, -0.25) is 9.78 Å². The summed E-state index contributed by atoms with van der Waals surface area (Å²) in [4.78, 5) is 22.5. The molecule has 1 aliphatic rings. The molecule has 0 radical (unpaired) electrons. The van der Waals surface area contributed by atoms with Crippen molar-refractivity contribution in [1.82, 2.24) is 14.9 Å². The van der Waals surface area contributed by atoms with E-state index in [4.69, 9.17) is 10.5 Å². The number of carbonyl (C=O) groups excluding carboxylic acids is 1. The normalized spacial score (nSPS) is 17.6. The number of rotatable bonds is 4. The number of aryl methyl sites for hydroxylation is 1. The van der Waals surface area contributed by atoms with Crippen LogP contribution in [0.4, 0.5) is 0 Å². The second kappa shape index (κ2) is 7.40. The van der Waals surface area contributed by atoms with Gasteiger partial charge in [0.05, 0.1) is 6.54 Å². The minimum atomic E-state index is -0.0235. The average Bonchev–Trinajstić information content (AvgIpc) is 2.63. The van der Waals surface area contributed by atoms with Gasteiger partial charge in [-0.1, -0.05) is 17.7 Å². The molecule has 2 N–H and O–H groups in total. The van der Waals surface area contributed by atoms with Gasteiger partial charge in [-0.15, -0.1) is 0 Å². The summed E-state index contributed by atoms with van der Waals surface area (Å²) in [5.41, 5.74) is 7.46. The predicted octanol–water partition coefficient (Wildman–Crippen LogP) is 2.24. The molecule has 0 aliphatic carbocycles. The van der Waals surface area contributed by atoms with E-state index >= 15 is 0 Å². The zero-order valence-corrected chi connectivity index (χ0v) is 13.8. The molecule has 1 aliphatic heterocycles. The van der Waals surface area contributed by atoms with Gasteiger partial charge >= 0.3 is 0 Å². The van der Waals surface area contributed by atoms with Gasteiger partial charge in [-0.05, 0) is 31.9 Å². The number of likely N-dealkylation sites (tertiary alicyclic amines) is 1. The number of aromatic nitrogens is 2. The third-order valence-corrected chi connectivity index (χ3v) is 4.26. The van der Waals surface area contributed by atoms with E-state index < -0.39 is 0 Å². The van der Waals surface area contributed by atoms with Crippen molar-refractivity contribution in [1.29, 1.82) is 0 Å². The highest BCUT2D eigenvalue weighted by molar-refractivity contribution is 5.78. The summed E-state index contributed by atoms with van der Waals surface area (Å²) in [6, 6.07) is 7.82. The molecule has 1 atom stereocenters. The van der Waals surface area contributed by atoms with Crippen molar-refractivity contribution in [2.45, 2.75) is 25.7 Å². The van der Waals surface area contributed by atoms with Crippen molar-refractivity contribution >= 4 is 5.91 Å². The molecule has 0 saturated carbocycles. The Kier molecular flexibility index (Phi) is 5.05. The summed E-state index contributed by atoms with van der Waals surface area (Å²) in [7, 11) is 0. The van der Waals surface area contributed by atoms with Crippen molar-refractivity contribution in [2.75, 3.05) is 19.6 Å². The third kappa shape index (κ3) is 3.71. The van der Waals surface area contributed by atoms with Crippen LogP contribution in [0.5, 0.6) is 11.6 Å². The highest BCUT2D eigenvalue weighted by Crippen LogP contribution is 2.32. The minimum absolute atomic E-state index is 0.0235. The van der Waals surface area contributed by atoms with Crippen LogP contribution in [-0.4, -0.2) is 40.4 Å². The summed E-state index contributed by atoms with van der Waals surface area (Å²) in [6.07, 6.45) is 5.17. The monoisotopic (exact) mass is 326 g/mol. The fourth-order valence-electron chi connectivity index (χ4n) is 2.97. The SMILES string of the molecule is Cc1ccc(Oc2nccnc2[C@H]2CCCN(C(=O)CN)C2)cc1. The number of nitrogens with zero attached hydrogens (tertiary/aromatic N) is 3. The number of amides is 1. The highest BCUT2D eigenvalue weighted by Gasteiger charge is 2.27. The van der Waals surface area contributed by atoms with Crippen LogP contribution in [0.1, 0.15) is 30.0 Å². The molecule has 1 aromatic heterocycles. The molecule has 2 heterocycles. The number of hydrogen-bond donors (Lipinski definition) is 1. The van der Waals surface area contributed by atoms with Gasteiger partial charge in [0, 0.05) is 31.4 Å². The standard InChI is InChI=1S/C18H22N4O2/c1-13-4-6-15(7-5-13)24-18-17(20-8-9-21-18)14-3-2-10-22(12-14)16(23)11-19/h4-9,14H,2-3,10-12,19H2,1H3/t14-/m0/s1. The number of nitrogens with two attached hydrogens (primary N) is 1. The Hall–Kier alpha value is -2.47. The lowest BCUT2D eigenvalue weighted by Gasteiger charge is -2.32. The van der Waals surface area contributed by atoms with Gasteiger partial charge in [0.15, 0.2) is 0 Å². The lowest BCUT2D eigenvalue weighted by atomic mass is 9.94. The van der Waals surface area contributed by atoms with Gasteiger partial charge < -0.3 is 15.4 Å². The van der Waals surface area contributed by atoms with E-state index in [1.807, 2.05) is 31.2 Å². The van der Waals surface area contributed by atoms with Crippen LogP contribution in [0, 0.1) is 6.92 Å². The van der Waals surface area contributed by atoms with E-state index in [0.29, 0.717) is 12.4 Å². The van der Waals surface area contributed by atoms with Crippen molar-refractivity contribution in [2.24, 2.45) is 5.73 Å². The summed E-state index contributed by atoms with van der Waals surface area (Å²) < 4.78 is 5.94. The van der Waals surface area contributed by atoms with Crippen LogP contribution in [0.15, 0.2) is 36.7 Å². The van der Waals surface area contributed by atoms with Crippen LogP contribution in [0.3, 0.4) is 0 Å². The second-order valence-corrected chi connectivity index (χ2v) is 6.04. The van der Waals surface area contributed by atoms with Crippen LogP contribution >= 0.6 is 0 Å². The Morgan fingerprint density at radius 1 is 1.29 bits per heavy atom. The zero-order valence-electron chi connectivity index (χ0n) is 13.8. The van der Waals surface area contributed by atoms with Crippen molar-refractivity contribution in [3.8, 4) is 11.6 Å². The first-order valence-corrected chi connectivity index (χ1v) is 8.20. The maximum Gasteiger partial charge on any atom is 0.241 e. The summed E-state index contributed by atoms with van der Waals surface area (Å²) in [5, 5.41) is 0. The molecule has 3 rings (SSSR count). The molecule has 6 heteroatoms. The summed E-state index contributed by atoms with van der Waals surface area (Å²) >= 11 is 0. The molecule has 1 saturated heterocycles. The largest absolute Gasteiger partial charge is 0.437 e. The minimum Gasteiger partial charge on any atom is -0.437 e. The summed E-state index contributed by atoms with van der Waals surface area (Å²) in [5.74, 6) is 1.33. The molecule has 24 heavy (non-hydrogen) atoms. The molecule has 126 valence electrons. The van der Waals surface area contributed by atoms with Crippen LogP contribution in [-0.2, 0) is 4.79 Å². The molecule has 1 fully saturated rings. The maximum absolute atomic E-state index is 11.9. The quantitative estimate of drug-likeness (QED) is 0.932. The van der Waals surface area contributed by atoms with Gasteiger partial charge in [-0.2, -0.15) is 0 Å². The van der Waals surface area contributed by atoms with Crippen LogP contribution in [0.2, 0.25) is 0 Å². The van der Waals surface area contributed by atoms with E-state index in [1.165, 1.54) is 5.56 Å². The van der Waals surface area contributed by atoms with E-state index in [1.54, 1.807) is 17.3 Å². The third-order valence-electron chi connectivity index (χ3n) is 4.26. The molecule has 6 nitrogen and oxygen atoms in total. The second-order valence-electron chi connectivity index (χ2n) is 6.04. The molecular formula is C18H22N4O2. The van der Waals surface area contributed by atoms with E-state index in [2.05, 4.69) is 9.97 Å². The van der Waals surface area contributed by atoms with Gasteiger partial charge in [0.25, 0.3) is 0 Å². The Morgan fingerprint density at radius 2 is 2.04 bits per heavy atom. The molecule has 1 amide bonds. The van der Waals surface area contributed by atoms with Gasteiger partial charge in [0.2, 0.25) is 11.8 Å². The molecular weight excluding hydrogens is 304 g/mol. The number of hydrogen-bond acceptors (Lipinski definition) is 5. The Balaban J connectivity index is 1.80. The Morgan fingerprint density at radius 3 is 2.79 bits per heavy atom. The van der Waals surface area contributed by atoms with E-state index in [0.717, 1.165) is 30.8 Å². The number of carbonyl (C=O) groups is 1. The molecule has 0 spiro atoms. The lowest BCUT2D eigenvalue weighted by molar-refractivity contribution is -0.130. The first-order chi connectivity index (χ1) is 11.7. The Bertz CT molecular complexity index is 702. The Labute approximate surface area is 141 Å². The van der Waals surface area contributed by atoms with E-state index in [9.17, 15) is 4.79 Å². The molecule has 0 bridgehead atoms. The van der Waals surface area contributed by atoms with Gasteiger partial charge in [-0.25, -0.2) is 4.98 Å². The molecule has 0 unspecified atom stereocenters. The maximum atomic E-state index is 11.9. The first-order valence-electron chi connectivity index (χ1n) is 8.20. The van der Waals surface area contributed by atoms with Gasteiger partial charge in [0.1, 0.15) is 11.4 Å². The molecule has 1 aromatic carbocycles. The fraction of sp³-hybridized carbons (Fsp3) is 0.389. The van der Waals surface area contributed by atoms with Crippen molar-refractivity contribution in [3.63, 3.8) is 0 Å². The average molecular weight is 326 g/mol. The van der Waals surface area contributed by atoms with Crippen LogP contribution in [0.25, 0.3) is 0 Å².